The first-order valence-corrected chi connectivity index (χ1v) is 8.58. The topological polar surface area (TPSA) is 160 Å². The van der Waals surface area contributed by atoms with Crippen LogP contribution in [-0.4, -0.2) is 56.0 Å². The molecule has 11 nitrogen and oxygen atoms in total. The van der Waals surface area contributed by atoms with Crippen molar-refractivity contribution in [2.45, 2.75) is 31.5 Å². The summed E-state index contributed by atoms with van der Waals surface area (Å²) in [6.45, 7) is 0.617. The monoisotopic (exact) mass is 376 g/mol. The van der Waals surface area contributed by atoms with Crippen LogP contribution in [0.1, 0.15) is 11.8 Å². The molecule has 1 fully saturated rings. The Morgan fingerprint density at radius 3 is 2.76 bits per heavy atom. The van der Waals surface area contributed by atoms with E-state index in [2.05, 4.69) is 15.4 Å². The molecule has 1 aliphatic heterocycles. The molecular weight excluding hydrogens is 359 g/mol. The van der Waals surface area contributed by atoms with Crippen LogP contribution in [0.2, 0.25) is 0 Å². The van der Waals surface area contributed by atoms with Gasteiger partial charge in [0.05, 0.1) is 6.61 Å². The van der Waals surface area contributed by atoms with Crippen molar-refractivity contribution in [3.05, 3.63) is 32.6 Å². The zero-order valence-corrected chi connectivity index (χ0v) is 14.0. The fourth-order valence-corrected chi connectivity index (χ4v) is 2.69. The number of aliphatic hydroxyl groups excluding tert-OH is 1. The maximum atomic E-state index is 12.0. The summed E-state index contributed by atoms with van der Waals surface area (Å²) in [6, 6.07) is 0. The standard InChI is InChI=1S/C13H17N2O9P/c1-3-4-22-10-9(16)8(6-23-25(19,20)21)24-12(10)15-5-7(2)11(17)14-13(15)18/h1,5,8-10,12,16H,4,6H2,2H3,(H,14,17,18)(H2,19,20,21)/t8-,9-,10-,12-/m1/s1. The van der Waals surface area contributed by atoms with Crippen molar-refractivity contribution >= 4 is 7.82 Å². The number of rotatable bonds is 6. The molecule has 0 amide bonds. The average Bonchev–Trinajstić information content (AvgIpc) is 2.82. The number of H-pyrrole nitrogens is 1. The Morgan fingerprint density at radius 1 is 1.48 bits per heavy atom. The number of hydrogen-bond donors (Lipinski definition) is 4. The Balaban J connectivity index is 2.32. The SMILES string of the molecule is C#CCO[C@@H]1[C@H](O)[C@@H](COP(=O)(O)O)O[C@H]1n1cc(C)c(=O)[nH]c1=O. The maximum Gasteiger partial charge on any atom is 0.469 e. The third-order valence-electron chi connectivity index (χ3n) is 3.50. The Bertz CT molecular complexity index is 820. The molecule has 25 heavy (non-hydrogen) atoms. The van der Waals surface area contributed by atoms with E-state index in [0.29, 0.717) is 0 Å². The second-order valence-electron chi connectivity index (χ2n) is 5.30. The molecule has 2 rings (SSSR count). The minimum absolute atomic E-state index is 0.204. The highest BCUT2D eigenvalue weighted by Crippen LogP contribution is 2.38. The molecule has 0 unspecified atom stereocenters. The van der Waals surface area contributed by atoms with Crippen molar-refractivity contribution in [2.75, 3.05) is 13.2 Å². The first kappa shape index (κ1) is 19.6. The summed E-state index contributed by atoms with van der Waals surface area (Å²) in [6.07, 6.45) is 1.45. The van der Waals surface area contributed by atoms with E-state index in [9.17, 15) is 19.3 Å². The lowest BCUT2D eigenvalue weighted by Gasteiger charge is -2.21. The van der Waals surface area contributed by atoms with Crippen LogP contribution in [0.15, 0.2) is 15.8 Å². The van der Waals surface area contributed by atoms with Gasteiger partial charge in [0.1, 0.15) is 24.9 Å². The summed E-state index contributed by atoms with van der Waals surface area (Å²) in [5.41, 5.74) is -1.18. The van der Waals surface area contributed by atoms with Crippen molar-refractivity contribution in [1.29, 1.82) is 0 Å². The van der Waals surface area contributed by atoms with E-state index < -0.39 is 50.2 Å². The van der Waals surface area contributed by atoms with Gasteiger partial charge < -0.3 is 24.4 Å². The summed E-state index contributed by atoms with van der Waals surface area (Å²) in [5.74, 6) is 2.20. The minimum atomic E-state index is -4.78. The second-order valence-corrected chi connectivity index (χ2v) is 6.54. The number of phosphoric acid groups is 1. The number of aromatic nitrogens is 2. The van der Waals surface area contributed by atoms with Gasteiger partial charge in [0.15, 0.2) is 6.23 Å². The number of nitrogens with zero attached hydrogens (tertiary/aromatic N) is 1. The number of hydrogen-bond acceptors (Lipinski definition) is 7. The molecule has 0 aromatic carbocycles. The summed E-state index contributed by atoms with van der Waals surface area (Å²) in [5, 5.41) is 10.3. The van der Waals surface area contributed by atoms with E-state index in [0.717, 1.165) is 4.57 Å². The molecule has 0 bridgehead atoms. The van der Waals surface area contributed by atoms with Crippen molar-refractivity contribution in [1.82, 2.24) is 9.55 Å². The molecule has 1 aromatic heterocycles. The van der Waals surface area contributed by atoms with E-state index in [1.54, 1.807) is 0 Å². The molecule has 0 radical (unpaired) electrons. The van der Waals surface area contributed by atoms with Gasteiger partial charge in [-0.1, -0.05) is 5.92 Å². The van der Waals surface area contributed by atoms with Crippen LogP contribution in [-0.2, 0) is 18.6 Å². The van der Waals surface area contributed by atoms with Gasteiger partial charge in [0.2, 0.25) is 0 Å². The third kappa shape index (κ3) is 4.65. The molecule has 2 heterocycles. The van der Waals surface area contributed by atoms with Gasteiger partial charge in [-0.3, -0.25) is 18.9 Å². The predicted octanol–water partition coefficient (Wildman–Crippen LogP) is -1.77. The maximum absolute atomic E-state index is 12.0. The normalized spacial score (nSPS) is 26.5. The van der Waals surface area contributed by atoms with Crippen molar-refractivity contribution < 1.29 is 33.5 Å². The smallest absolute Gasteiger partial charge is 0.387 e. The summed E-state index contributed by atoms with van der Waals surface area (Å²) in [7, 11) is -4.78. The van der Waals surface area contributed by atoms with Crippen LogP contribution in [0.3, 0.4) is 0 Å². The van der Waals surface area contributed by atoms with Crippen LogP contribution in [0.5, 0.6) is 0 Å². The lowest BCUT2D eigenvalue weighted by molar-refractivity contribution is -0.0674. The van der Waals surface area contributed by atoms with E-state index in [1.807, 2.05) is 0 Å². The number of ether oxygens (including phenoxy) is 2. The van der Waals surface area contributed by atoms with Crippen LogP contribution in [0, 0.1) is 19.3 Å². The third-order valence-corrected chi connectivity index (χ3v) is 3.98. The molecule has 1 aliphatic rings. The summed E-state index contributed by atoms with van der Waals surface area (Å²) >= 11 is 0. The molecule has 1 aromatic rings. The lowest BCUT2D eigenvalue weighted by atomic mass is 10.1. The predicted molar refractivity (Wildman–Crippen MR) is 82.5 cm³/mol. The molecule has 138 valence electrons. The van der Waals surface area contributed by atoms with Crippen LogP contribution in [0.25, 0.3) is 0 Å². The molecule has 4 atom stereocenters. The molecule has 12 heteroatoms. The Kier molecular flexibility index (Phi) is 5.97. The van der Waals surface area contributed by atoms with E-state index in [-0.39, 0.29) is 12.2 Å². The van der Waals surface area contributed by atoms with Gasteiger partial charge in [-0.05, 0) is 6.92 Å². The van der Waals surface area contributed by atoms with Crippen LogP contribution >= 0.6 is 7.82 Å². The van der Waals surface area contributed by atoms with E-state index >= 15 is 0 Å². The van der Waals surface area contributed by atoms with E-state index in [4.69, 9.17) is 25.7 Å². The molecule has 0 saturated carbocycles. The average molecular weight is 376 g/mol. The van der Waals surface area contributed by atoms with Crippen LogP contribution in [0.4, 0.5) is 0 Å². The number of terminal acetylenes is 1. The molecule has 0 spiro atoms. The first-order valence-electron chi connectivity index (χ1n) is 7.05. The van der Waals surface area contributed by atoms with Crippen LogP contribution < -0.4 is 11.2 Å². The van der Waals surface area contributed by atoms with Gasteiger partial charge in [-0.2, -0.15) is 0 Å². The Hall–Kier alpha value is -1.77. The van der Waals surface area contributed by atoms with Crippen molar-refractivity contribution in [3.8, 4) is 12.3 Å². The van der Waals surface area contributed by atoms with E-state index in [1.165, 1.54) is 13.1 Å². The van der Waals surface area contributed by atoms with Gasteiger partial charge in [-0.15, -0.1) is 6.42 Å². The quantitative estimate of drug-likeness (QED) is 0.333. The van der Waals surface area contributed by atoms with Crippen molar-refractivity contribution in [3.63, 3.8) is 0 Å². The molecule has 0 aliphatic carbocycles. The zero-order valence-electron chi connectivity index (χ0n) is 13.1. The largest absolute Gasteiger partial charge is 0.469 e. The highest BCUT2D eigenvalue weighted by Gasteiger charge is 2.46. The van der Waals surface area contributed by atoms with Gasteiger partial charge in [0.25, 0.3) is 5.56 Å². The second kappa shape index (κ2) is 7.63. The zero-order chi connectivity index (χ0) is 18.8. The minimum Gasteiger partial charge on any atom is -0.387 e. The van der Waals surface area contributed by atoms with Gasteiger partial charge in [-0.25, -0.2) is 9.36 Å². The van der Waals surface area contributed by atoms with Crippen molar-refractivity contribution in [2.24, 2.45) is 0 Å². The molecule has 1 saturated heterocycles. The highest BCUT2D eigenvalue weighted by atomic mass is 31.2. The fourth-order valence-electron chi connectivity index (χ4n) is 2.35. The Morgan fingerprint density at radius 2 is 2.16 bits per heavy atom. The first-order chi connectivity index (χ1) is 11.6. The summed E-state index contributed by atoms with van der Waals surface area (Å²) in [4.78, 5) is 43.1. The number of phosphoric ester groups is 1. The van der Waals surface area contributed by atoms with Gasteiger partial charge >= 0.3 is 13.5 Å². The Labute approximate surface area is 141 Å². The summed E-state index contributed by atoms with van der Waals surface area (Å²) < 4.78 is 26.9. The fraction of sp³-hybridized carbons (Fsp3) is 0.538. The molecular formula is C13H17N2O9P. The number of nitrogens with one attached hydrogen (secondary N) is 1. The number of aromatic amines is 1. The highest BCUT2D eigenvalue weighted by molar-refractivity contribution is 7.46. The van der Waals surface area contributed by atoms with Gasteiger partial charge in [0, 0.05) is 11.8 Å². The molecule has 4 N–H and O–H groups in total. The number of aliphatic hydroxyl groups is 1. The number of aryl methyl sites for hydroxylation is 1. The lowest BCUT2D eigenvalue weighted by Crippen LogP contribution is -2.40.